The SMILES string of the molecule is O=C(NCc1ccccc1)c1csc(N2CCN(Cc3ccc4c(c3)OCO4)CC2)n1. The molecule has 0 spiro atoms. The molecule has 3 heterocycles. The maximum absolute atomic E-state index is 12.4. The fourth-order valence-electron chi connectivity index (χ4n) is 3.78. The summed E-state index contributed by atoms with van der Waals surface area (Å²) >= 11 is 1.53. The van der Waals surface area contributed by atoms with Gasteiger partial charge in [-0.05, 0) is 23.3 Å². The van der Waals surface area contributed by atoms with Gasteiger partial charge in [0.15, 0.2) is 16.6 Å². The van der Waals surface area contributed by atoms with Crippen molar-refractivity contribution in [3.05, 3.63) is 70.7 Å². The predicted octanol–water partition coefficient (Wildman–Crippen LogP) is 3.12. The van der Waals surface area contributed by atoms with E-state index in [4.69, 9.17) is 9.47 Å². The Hall–Kier alpha value is -3.10. The van der Waals surface area contributed by atoms with Crippen LogP contribution in [0.2, 0.25) is 0 Å². The number of fused-ring (bicyclic) bond motifs is 1. The van der Waals surface area contributed by atoms with Crippen molar-refractivity contribution in [2.45, 2.75) is 13.1 Å². The summed E-state index contributed by atoms with van der Waals surface area (Å²) in [6, 6.07) is 16.0. The van der Waals surface area contributed by atoms with Crippen molar-refractivity contribution in [2.75, 3.05) is 37.9 Å². The van der Waals surface area contributed by atoms with Crippen molar-refractivity contribution in [1.29, 1.82) is 0 Å². The highest BCUT2D eigenvalue weighted by molar-refractivity contribution is 7.13. The maximum atomic E-state index is 12.4. The van der Waals surface area contributed by atoms with Crippen LogP contribution >= 0.6 is 11.3 Å². The van der Waals surface area contributed by atoms with Crippen LogP contribution in [0.3, 0.4) is 0 Å². The van der Waals surface area contributed by atoms with Gasteiger partial charge >= 0.3 is 0 Å². The van der Waals surface area contributed by atoms with E-state index in [1.165, 1.54) is 16.9 Å². The lowest BCUT2D eigenvalue weighted by atomic mass is 10.1. The number of aromatic nitrogens is 1. The normalized spacial score (nSPS) is 15.8. The summed E-state index contributed by atoms with van der Waals surface area (Å²) in [5.74, 6) is 1.52. The predicted molar refractivity (Wildman–Crippen MR) is 120 cm³/mol. The molecule has 1 amide bonds. The van der Waals surface area contributed by atoms with Gasteiger partial charge in [-0.2, -0.15) is 0 Å². The first kappa shape index (κ1) is 19.8. The smallest absolute Gasteiger partial charge is 0.271 e. The summed E-state index contributed by atoms with van der Waals surface area (Å²) in [6.45, 7) is 5.37. The Morgan fingerprint density at radius 1 is 1.00 bits per heavy atom. The largest absolute Gasteiger partial charge is 0.454 e. The van der Waals surface area contributed by atoms with Gasteiger partial charge in [-0.25, -0.2) is 4.98 Å². The Morgan fingerprint density at radius 2 is 1.81 bits per heavy atom. The molecule has 0 bridgehead atoms. The Kier molecular flexibility index (Phi) is 5.73. The zero-order chi connectivity index (χ0) is 21.0. The summed E-state index contributed by atoms with van der Waals surface area (Å²) < 4.78 is 10.9. The molecule has 3 aromatic rings. The molecule has 1 saturated heterocycles. The molecule has 0 saturated carbocycles. The molecule has 8 heteroatoms. The average Bonchev–Trinajstić information content (AvgIpc) is 3.48. The Labute approximate surface area is 185 Å². The molecule has 160 valence electrons. The lowest BCUT2D eigenvalue weighted by molar-refractivity contribution is 0.0946. The van der Waals surface area contributed by atoms with Gasteiger partial charge in [-0.3, -0.25) is 9.69 Å². The molecule has 2 aliphatic rings. The van der Waals surface area contributed by atoms with E-state index in [9.17, 15) is 4.79 Å². The van der Waals surface area contributed by atoms with Gasteiger partial charge < -0.3 is 19.7 Å². The zero-order valence-corrected chi connectivity index (χ0v) is 17.9. The number of hydrogen-bond donors (Lipinski definition) is 1. The monoisotopic (exact) mass is 436 g/mol. The van der Waals surface area contributed by atoms with Gasteiger partial charge in [-0.1, -0.05) is 36.4 Å². The van der Waals surface area contributed by atoms with Crippen LogP contribution in [-0.2, 0) is 13.1 Å². The number of anilines is 1. The minimum Gasteiger partial charge on any atom is -0.454 e. The lowest BCUT2D eigenvalue weighted by Gasteiger charge is -2.34. The Balaban J connectivity index is 1.12. The van der Waals surface area contributed by atoms with E-state index in [1.807, 2.05) is 41.8 Å². The molecule has 1 N–H and O–H groups in total. The van der Waals surface area contributed by atoms with E-state index in [0.717, 1.165) is 54.9 Å². The van der Waals surface area contributed by atoms with Crippen molar-refractivity contribution in [1.82, 2.24) is 15.2 Å². The third-order valence-electron chi connectivity index (χ3n) is 5.51. The summed E-state index contributed by atoms with van der Waals surface area (Å²) in [7, 11) is 0. The molecule has 1 fully saturated rings. The molecular formula is C23H24N4O3S. The van der Waals surface area contributed by atoms with Crippen molar-refractivity contribution >= 4 is 22.4 Å². The van der Waals surface area contributed by atoms with E-state index < -0.39 is 0 Å². The van der Waals surface area contributed by atoms with Crippen molar-refractivity contribution in [3.63, 3.8) is 0 Å². The average molecular weight is 437 g/mol. The first-order valence-electron chi connectivity index (χ1n) is 10.4. The summed E-state index contributed by atoms with van der Waals surface area (Å²) in [5, 5.41) is 5.69. The number of thiazole rings is 1. The van der Waals surface area contributed by atoms with Gasteiger partial charge in [-0.15, -0.1) is 11.3 Å². The molecule has 2 aliphatic heterocycles. The number of amides is 1. The second-order valence-corrected chi connectivity index (χ2v) is 8.47. The highest BCUT2D eigenvalue weighted by Gasteiger charge is 2.22. The molecular weight excluding hydrogens is 412 g/mol. The van der Waals surface area contributed by atoms with Crippen LogP contribution in [0.4, 0.5) is 5.13 Å². The molecule has 2 aromatic carbocycles. The number of carbonyl (C=O) groups is 1. The van der Waals surface area contributed by atoms with Crippen LogP contribution < -0.4 is 19.7 Å². The number of carbonyl (C=O) groups excluding carboxylic acids is 1. The van der Waals surface area contributed by atoms with Gasteiger partial charge in [0.1, 0.15) is 5.69 Å². The highest BCUT2D eigenvalue weighted by atomic mass is 32.1. The van der Waals surface area contributed by atoms with E-state index in [-0.39, 0.29) is 5.91 Å². The fraction of sp³-hybridized carbons (Fsp3) is 0.304. The number of rotatable bonds is 6. The van der Waals surface area contributed by atoms with Crippen LogP contribution in [0.25, 0.3) is 0 Å². The minimum atomic E-state index is -0.132. The van der Waals surface area contributed by atoms with Crippen LogP contribution in [-0.4, -0.2) is 48.8 Å². The molecule has 1 aromatic heterocycles. The van der Waals surface area contributed by atoms with Crippen LogP contribution in [0, 0.1) is 0 Å². The number of piperazine rings is 1. The van der Waals surface area contributed by atoms with E-state index in [0.29, 0.717) is 19.0 Å². The van der Waals surface area contributed by atoms with Crippen molar-refractivity contribution in [2.24, 2.45) is 0 Å². The standard InChI is InChI=1S/C23H24N4O3S/c28-22(24-13-17-4-2-1-3-5-17)19-15-31-23(25-19)27-10-8-26(9-11-27)14-18-6-7-20-21(12-18)30-16-29-20/h1-7,12,15H,8-11,13-14,16H2,(H,24,28). The first-order valence-corrected chi connectivity index (χ1v) is 11.3. The minimum absolute atomic E-state index is 0.132. The lowest BCUT2D eigenvalue weighted by Crippen LogP contribution is -2.46. The quantitative estimate of drug-likeness (QED) is 0.641. The molecule has 31 heavy (non-hydrogen) atoms. The number of hydrogen-bond acceptors (Lipinski definition) is 7. The van der Waals surface area contributed by atoms with Crippen LogP contribution in [0.5, 0.6) is 11.5 Å². The molecule has 0 unspecified atom stereocenters. The van der Waals surface area contributed by atoms with E-state index in [1.54, 1.807) is 0 Å². The second-order valence-electron chi connectivity index (χ2n) is 7.63. The molecule has 5 rings (SSSR count). The van der Waals surface area contributed by atoms with E-state index in [2.05, 4.69) is 32.2 Å². The number of nitrogens with zero attached hydrogens (tertiary/aromatic N) is 3. The molecule has 7 nitrogen and oxygen atoms in total. The van der Waals surface area contributed by atoms with Crippen molar-refractivity contribution < 1.29 is 14.3 Å². The van der Waals surface area contributed by atoms with Gasteiger partial charge in [0, 0.05) is 44.6 Å². The fourth-order valence-corrected chi connectivity index (χ4v) is 4.64. The highest BCUT2D eigenvalue weighted by Crippen LogP contribution is 2.33. The Morgan fingerprint density at radius 3 is 2.65 bits per heavy atom. The second kappa shape index (κ2) is 8.95. The number of ether oxygens (including phenoxy) is 2. The Bertz CT molecular complexity index is 1050. The number of benzene rings is 2. The number of nitrogens with one attached hydrogen (secondary N) is 1. The van der Waals surface area contributed by atoms with Gasteiger partial charge in [0.05, 0.1) is 0 Å². The van der Waals surface area contributed by atoms with Gasteiger partial charge in [0.2, 0.25) is 6.79 Å². The van der Waals surface area contributed by atoms with Gasteiger partial charge in [0.25, 0.3) is 5.91 Å². The first-order chi connectivity index (χ1) is 15.2. The topological polar surface area (TPSA) is 66.9 Å². The third kappa shape index (κ3) is 4.65. The van der Waals surface area contributed by atoms with Crippen molar-refractivity contribution in [3.8, 4) is 11.5 Å². The third-order valence-corrected chi connectivity index (χ3v) is 6.41. The summed E-state index contributed by atoms with van der Waals surface area (Å²) in [4.78, 5) is 21.7. The summed E-state index contributed by atoms with van der Waals surface area (Å²) in [5.41, 5.74) is 2.79. The maximum Gasteiger partial charge on any atom is 0.271 e. The van der Waals surface area contributed by atoms with Crippen LogP contribution in [0.15, 0.2) is 53.9 Å². The molecule has 0 atom stereocenters. The molecule has 0 aliphatic carbocycles. The van der Waals surface area contributed by atoms with Crippen LogP contribution in [0.1, 0.15) is 21.6 Å². The summed E-state index contributed by atoms with van der Waals surface area (Å²) in [6.07, 6.45) is 0. The zero-order valence-electron chi connectivity index (χ0n) is 17.1. The van der Waals surface area contributed by atoms with E-state index >= 15 is 0 Å². The molecule has 0 radical (unpaired) electrons.